The van der Waals surface area contributed by atoms with E-state index in [2.05, 4.69) is 15.9 Å². The van der Waals surface area contributed by atoms with E-state index in [1.54, 1.807) is 52.0 Å². The molecule has 0 amide bonds. The summed E-state index contributed by atoms with van der Waals surface area (Å²) in [6, 6.07) is 16.3. The Morgan fingerprint density at radius 3 is 1.47 bits per heavy atom. The van der Waals surface area contributed by atoms with Gasteiger partial charge in [0.1, 0.15) is 21.8 Å². The summed E-state index contributed by atoms with van der Waals surface area (Å²) >= 11 is 9.09. The van der Waals surface area contributed by atoms with Crippen molar-refractivity contribution < 1.29 is 40.3 Å². The zero-order chi connectivity index (χ0) is 33.7. The Balaban J connectivity index is 0.000000215. The first-order chi connectivity index (χ1) is 20.6. The first-order valence-corrected chi connectivity index (χ1v) is 18.3. The topological polar surface area (TPSA) is 121 Å². The van der Waals surface area contributed by atoms with Crippen LogP contribution in [0.1, 0.15) is 44.4 Å². The molecule has 0 fully saturated rings. The Labute approximate surface area is 274 Å². The Morgan fingerprint density at radius 1 is 0.667 bits per heavy atom. The van der Waals surface area contributed by atoms with E-state index in [0.717, 1.165) is 12.5 Å². The van der Waals surface area contributed by atoms with Gasteiger partial charge in [-0.1, -0.05) is 17.7 Å². The quantitative estimate of drug-likeness (QED) is 0.285. The van der Waals surface area contributed by atoms with Gasteiger partial charge < -0.3 is 9.47 Å². The van der Waals surface area contributed by atoms with Gasteiger partial charge in [0.05, 0.1) is 20.4 Å². The van der Waals surface area contributed by atoms with E-state index in [1.165, 1.54) is 42.5 Å². The summed E-state index contributed by atoms with van der Waals surface area (Å²) in [5, 5.41) is -0.0979. The smallest absolute Gasteiger partial charge is 0.216 e. The molecule has 0 saturated heterocycles. The summed E-state index contributed by atoms with van der Waals surface area (Å²) in [7, 11) is -6.56. The summed E-state index contributed by atoms with van der Waals surface area (Å²) in [4.78, 5) is 25.1. The van der Waals surface area contributed by atoms with Crippen molar-refractivity contribution in [1.29, 1.82) is 0 Å². The van der Waals surface area contributed by atoms with Crippen molar-refractivity contribution in [3.8, 4) is 0 Å². The summed E-state index contributed by atoms with van der Waals surface area (Å²) in [5.74, 6) is -0.226. The van der Waals surface area contributed by atoms with Crippen LogP contribution in [0.25, 0.3) is 17.1 Å². The second kappa shape index (κ2) is 12.1. The summed E-state index contributed by atoms with van der Waals surface area (Å²) in [6.45, 7) is 6.65. The van der Waals surface area contributed by atoms with E-state index in [4.69, 9.17) is 21.1 Å². The third kappa shape index (κ3) is 7.24. The van der Waals surface area contributed by atoms with Crippen LogP contribution in [0.3, 0.4) is 0 Å². The lowest BCUT2D eigenvalue weighted by molar-refractivity contribution is -0.126. The molecule has 13 heteroatoms. The Bertz CT molecular complexity index is 2000. The molecule has 0 spiro atoms. The number of hydrogen-bond acceptors (Lipinski definition) is 8. The van der Waals surface area contributed by atoms with E-state index in [9.17, 15) is 30.8 Å². The molecular weight excluding hydrogens is 711 g/mol. The number of rotatable bonds is 5. The molecule has 0 bridgehead atoms. The maximum absolute atomic E-state index is 13.5. The molecule has 8 nitrogen and oxygen atoms in total. The van der Waals surface area contributed by atoms with Crippen molar-refractivity contribution in [3.05, 3.63) is 98.7 Å². The highest BCUT2D eigenvalue weighted by molar-refractivity contribution is 9.12. The maximum atomic E-state index is 13.5. The average molecular weight is 740 g/mol. The molecule has 2 aliphatic rings. The molecule has 0 N–H and O–H groups in total. The number of sulfone groups is 2. The van der Waals surface area contributed by atoms with Gasteiger partial charge in [-0.3, -0.25) is 9.59 Å². The number of ether oxygens (including phenoxy) is 2. The number of hydrogen-bond donors (Lipinski definition) is 0. The SMILES string of the molecule is CC1(C)OC(c2ccc(S(C)(=O)=O)cc2)=C(Br)C1=O.CC1(C)OC(c2ccc(S(C)(=O)=O)cc2)=C(c2ccc(F)c(Cl)c2)C1=O. The highest BCUT2D eigenvalue weighted by Crippen LogP contribution is 2.42. The minimum absolute atomic E-state index is 0.0979. The first-order valence-electron chi connectivity index (χ1n) is 13.3. The number of carbonyl (C=O) groups is 2. The fourth-order valence-corrected chi connectivity index (χ4v) is 6.71. The van der Waals surface area contributed by atoms with Gasteiger partial charge in [-0.2, -0.15) is 0 Å². The molecule has 0 atom stereocenters. The summed E-state index contributed by atoms with van der Waals surface area (Å²) in [6.07, 6.45) is 2.27. The third-order valence-corrected chi connectivity index (χ3v) is 10.2. The molecule has 2 aliphatic heterocycles. The van der Waals surface area contributed by atoms with Crippen molar-refractivity contribution in [2.45, 2.75) is 48.7 Å². The minimum Gasteiger partial charge on any atom is -0.478 e. The van der Waals surface area contributed by atoms with Crippen LogP contribution in [-0.2, 0) is 38.7 Å². The van der Waals surface area contributed by atoms with Gasteiger partial charge in [0.2, 0.25) is 11.6 Å². The van der Waals surface area contributed by atoms with Crippen LogP contribution in [0.5, 0.6) is 0 Å². The fraction of sp³-hybridized carbons (Fsp3) is 0.250. The summed E-state index contributed by atoms with van der Waals surface area (Å²) in [5.41, 5.74) is -0.0619. The molecule has 3 aromatic carbocycles. The number of halogens is 3. The second-order valence-corrected chi connectivity index (χ2v) is 16.7. The van der Waals surface area contributed by atoms with Gasteiger partial charge in [0, 0.05) is 23.6 Å². The number of ketones is 2. The van der Waals surface area contributed by atoms with Gasteiger partial charge in [-0.15, -0.1) is 0 Å². The summed E-state index contributed by atoms with van der Waals surface area (Å²) < 4.78 is 71.4. The van der Waals surface area contributed by atoms with Crippen molar-refractivity contribution in [1.82, 2.24) is 0 Å². The zero-order valence-corrected chi connectivity index (χ0v) is 29.0. The zero-order valence-electron chi connectivity index (χ0n) is 25.1. The fourth-order valence-electron chi connectivity index (χ4n) is 4.48. The standard InChI is InChI=1S/C19H16ClFO4S.C13H13BrO4S/c1-19(2)18(22)16(12-6-9-15(21)14(20)10-12)17(25-19)11-4-7-13(8-5-11)26(3,23)24;1-13(2)12(15)10(14)11(18-13)8-4-6-9(7-5-8)19(3,16)17/h4-10H,1-3H3;4-7H,1-3H3. The molecule has 0 radical (unpaired) electrons. The molecule has 2 heterocycles. The highest BCUT2D eigenvalue weighted by Gasteiger charge is 2.43. The van der Waals surface area contributed by atoms with Gasteiger partial charge >= 0.3 is 0 Å². The highest BCUT2D eigenvalue weighted by atomic mass is 79.9. The molecule has 45 heavy (non-hydrogen) atoms. The number of carbonyl (C=O) groups excluding carboxylic acids is 2. The largest absolute Gasteiger partial charge is 0.478 e. The van der Waals surface area contributed by atoms with Crippen LogP contribution < -0.4 is 0 Å². The average Bonchev–Trinajstić information content (AvgIpc) is 3.32. The Morgan fingerprint density at radius 2 is 1.07 bits per heavy atom. The molecule has 0 saturated carbocycles. The molecule has 238 valence electrons. The van der Waals surface area contributed by atoms with Crippen LogP contribution in [0.15, 0.2) is 81.0 Å². The van der Waals surface area contributed by atoms with Crippen LogP contribution in [-0.4, -0.2) is 52.1 Å². The predicted molar refractivity (Wildman–Crippen MR) is 174 cm³/mol. The molecule has 0 aromatic heterocycles. The van der Waals surface area contributed by atoms with E-state index in [-0.39, 0.29) is 32.0 Å². The normalized spacial score (nSPS) is 17.5. The van der Waals surface area contributed by atoms with Crippen molar-refractivity contribution in [2.24, 2.45) is 0 Å². The lowest BCUT2D eigenvalue weighted by Gasteiger charge is -2.17. The van der Waals surface area contributed by atoms with Crippen molar-refractivity contribution >= 4 is 75.9 Å². The van der Waals surface area contributed by atoms with Crippen LogP contribution in [0.2, 0.25) is 5.02 Å². The molecular formula is C32H29BrClFO8S2. The van der Waals surface area contributed by atoms with E-state index in [0.29, 0.717) is 32.7 Å². The van der Waals surface area contributed by atoms with E-state index >= 15 is 0 Å². The number of benzene rings is 3. The minimum atomic E-state index is -3.34. The van der Waals surface area contributed by atoms with Gasteiger partial charge in [0.15, 0.2) is 30.9 Å². The second-order valence-electron chi connectivity index (χ2n) is 11.5. The van der Waals surface area contributed by atoms with Crippen LogP contribution in [0.4, 0.5) is 4.39 Å². The molecule has 5 rings (SSSR count). The van der Waals surface area contributed by atoms with Gasteiger partial charge in [-0.25, -0.2) is 21.2 Å². The lowest BCUT2D eigenvalue weighted by atomic mass is 9.92. The molecule has 3 aromatic rings. The van der Waals surface area contributed by atoms with Gasteiger partial charge in [-0.05, 0) is 110 Å². The van der Waals surface area contributed by atoms with E-state index < -0.39 is 36.7 Å². The van der Waals surface area contributed by atoms with E-state index in [1.807, 2.05) is 0 Å². The molecule has 0 aliphatic carbocycles. The Kier molecular flexibility index (Phi) is 9.31. The van der Waals surface area contributed by atoms with Crippen molar-refractivity contribution in [3.63, 3.8) is 0 Å². The third-order valence-electron chi connectivity index (χ3n) is 6.96. The first kappa shape index (κ1) is 34.6. The maximum Gasteiger partial charge on any atom is 0.216 e. The molecule has 0 unspecified atom stereocenters. The van der Waals surface area contributed by atoms with Gasteiger partial charge in [0.25, 0.3) is 0 Å². The van der Waals surface area contributed by atoms with Crippen LogP contribution >= 0.6 is 27.5 Å². The predicted octanol–water partition coefficient (Wildman–Crippen LogP) is 6.66. The monoisotopic (exact) mass is 738 g/mol. The Hall–Kier alpha value is -3.32. The number of Topliss-reactive ketones (excluding diaryl/α,β-unsaturated/α-hetero) is 2. The van der Waals surface area contributed by atoms with Crippen molar-refractivity contribution in [2.75, 3.05) is 12.5 Å². The van der Waals surface area contributed by atoms with Crippen LogP contribution in [0, 0.1) is 5.82 Å². The lowest BCUT2D eigenvalue weighted by Crippen LogP contribution is -2.29.